The average Bonchev–Trinajstić information content (AvgIpc) is 2.54. The van der Waals surface area contributed by atoms with Gasteiger partial charge in [0, 0.05) is 13.1 Å². The summed E-state index contributed by atoms with van der Waals surface area (Å²) >= 11 is 0. The van der Waals surface area contributed by atoms with E-state index in [0.29, 0.717) is 25.7 Å². The second kappa shape index (κ2) is 9.75. The van der Waals surface area contributed by atoms with E-state index in [1.807, 2.05) is 31.2 Å². The monoisotopic (exact) mass is 342 g/mol. The molecule has 1 aromatic carbocycles. The molecule has 23 heavy (non-hydrogen) atoms. The van der Waals surface area contributed by atoms with E-state index in [2.05, 4.69) is 24.5 Å². The Balaban J connectivity index is 0.00000264. The number of carbonyl (C=O) groups is 1. The fourth-order valence-electron chi connectivity index (χ4n) is 2.24. The Labute approximate surface area is 144 Å². The number of carbonyl (C=O) groups excluding carboxylic acids is 1. The van der Waals surface area contributed by atoms with Crippen LogP contribution in [0.2, 0.25) is 0 Å². The van der Waals surface area contributed by atoms with Crippen molar-refractivity contribution in [1.82, 2.24) is 10.6 Å². The molecule has 2 atom stereocenters. The van der Waals surface area contributed by atoms with Crippen LogP contribution in [0.1, 0.15) is 32.4 Å². The smallest absolute Gasteiger partial charge is 0.250 e. The zero-order valence-corrected chi connectivity index (χ0v) is 14.8. The van der Waals surface area contributed by atoms with E-state index >= 15 is 0 Å². The van der Waals surface area contributed by atoms with E-state index < -0.39 is 6.10 Å². The number of halogens is 1. The molecule has 130 valence electrons. The number of benzene rings is 1. The molecule has 1 saturated heterocycles. The Morgan fingerprint density at radius 3 is 2.61 bits per heavy atom. The molecule has 0 spiro atoms. The van der Waals surface area contributed by atoms with Gasteiger partial charge in [-0.1, -0.05) is 26.0 Å². The van der Waals surface area contributed by atoms with Crippen LogP contribution in [0.4, 0.5) is 0 Å². The highest BCUT2D eigenvalue weighted by Gasteiger charge is 2.23. The number of amides is 1. The van der Waals surface area contributed by atoms with Crippen molar-refractivity contribution in [2.45, 2.75) is 32.9 Å². The van der Waals surface area contributed by atoms with Gasteiger partial charge < -0.3 is 20.1 Å². The zero-order chi connectivity index (χ0) is 15.9. The molecule has 0 saturated carbocycles. The van der Waals surface area contributed by atoms with E-state index in [1.165, 1.54) is 0 Å². The van der Waals surface area contributed by atoms with Gasteiger partial charge >= 0.3 is 0 Å². The van der Waals surface area contributed by atoms with Gasteiger partial charge in [-0.3, -0.25) is 4.79 Å². The number of morpholine rings is 1. The molecule has 1 fully saturated rings. The molecule has 2 N–H and O–H groups in total. The number of nitrogens with one attached hydrogen (secondary N) is 2. The minimum atomic E-state index is -0.398. The van der Waals surface area contributed by atoms with Crippen molar-refractivity contribution in [2.24, 2.45) is 5.92 Å². The molecular weight excluding hydrogens is 316 g/mol. The van der Waals surface area contributed by atoms with Crippen LogP contribution in [0, 0.1) is 5.92 Å². The van der Waals surface area contributed by atoms with E-state index in [9.17, 15) is 4.79 Å². The molecule has 2 unspecified atom stereocenters. The highest BCUT2D eigenvalue weighted by atomic mass is 35.5. The number of rotatable bonds is 6. The first-order chi connectivity index (χ1) is 10.6. The highest BCUT2D eigenvalue weighted by molar-refractivity contribution is 5.85. The van der Waals surface area contributed by atoms with E-state index in [1.54, 1.807) is 0 Å². The molecule has 1 aliphatic rings. The molecule has 1 aromatic rings. The molecule has 1 aliphatic heterocycles. The maximum Gasteiger partial charge on any atom is 0.250 e. The molecule has 1 amide bonds. The van der Waals surface area contributed by atoms with Gasteiger partial charge in [0.1, 0.15) is 11.9 Å². The summed E-state index contributed by atoms with van der Waals surface area (Å²) in [6.45, 7) is 8.87. The largest absolute Gasteiger partial charge is 0.493 e. The zero-order valence-electron chi connectivity index (χ0n) is 14.0. The van der Waals surface area contributed by atoms with Crippen LogP contribution in [0.25, 0.3) is 0 Å². The lowest BCUT2D eigenvalue weighted by Crippen LogP contribution is -2.48. The maximum atomic E-state index is 12.1. The van der Waals surface area contributed by atoms with Gasteiger partial charge in [0.05, 0.1) is 19.3 Å². The quantitative estimate of drug-likeness (QED) is 0.833. The second-order valence-electron chi connectivity index (χ2n) is 6.07. The van der Waals surface area contributed by atoms with Crippen molar-refractivity contribution in [1.29, 1.82) is 0 Å². The summed E-state index contributed by atoms with van der Waals surface area (Å²) < 4.78 is 11.1. The summed E-state index contributed by atoms with van der Waals surface area (Å²) in [5, 5.41) is 6.15. The molecule has 2 rings (SSSR count). The van der Waals surface area contributed by atoms with Gasteiger partial charge in [0.2, 0.25) is 0 Å². The first-order valence-electron chi connectivity index (χ1n) is 7.91. The standard InChI is InChI=1S/C17H26N2O3.ClH/c1-12(2)11-22-15-6-4-14(5-7-15)13(3)19-17(20)16-10-18-8-9-21-16;/h4-7,12-13,16,18H,8-11H2,1-3H3,(H,19,20);1H. The third kappa shape index (κ3) is 6.37. The number of ether oxygens (including phenoxy) is 2. The predicted octanol–water partition coefficient (Wildman–Crippen LogP) is 2.31. The topological polar surface area (TPSA) is 59.6 Å². The Bertz CT molecular complexity index is 473. The Kier molecular flexibility index (Phi) is 8.37. The van der Waals surface area contributed by atoms with Crippen LogP contribution in [-0.2, 0) is 9.53 Å². The van der Waals surface area contributed by atoms with Crippen LogP contribution >= 0.6 is 12.4 Å². The maximum absolute atomic E-state index is 12.1. The van der Waals surface area contributed by atoms with E-state index in [0.717, 1.165) is 17.9 Å². The van der Waals surface area contributed by atoms with E-state index in [-0.39, 0.29) is 24.4 Å². The van der Waals surface area contributed by atoms with Crippen LogP contribution in [-0.4, -0.2) is 38.3 Å². The lowest BCUT2D eigenvalue weighted by molar-refractivity contribution is -0.134. The summed E-state index contributed by atoms with van der Waals surface area (Å²) in [5.74, 6) is 1.29. The first kappa shape index (κ1) is 19.7. The van der Waals surface area contributed by atoms with Crippen molar-refractivity contribution in [2.75, 3.05) is 26.3 Å². The van der Waals surface area contributed by atoms with Crippen LogP contribution in [0.15, 0.2) is 24.3 Å². The van der Waals surface area contributed by atoms with Gasteiger partial charge in [-0.2, -0.15) is 0 Å². The van der Waals surface area contributed by atoms with Crippen LogP contribution in [0.3, 0.4) is 0 Å². The van der Waals surface area contributed by atoms with Crippen molar-refractivity contribution in [3.63, 3.8) is 0 Å². The molecule has 0 aromatic heterocycles. The third-order valence-corrected chi connectivity index (χ3v) is 3.54. The Morgan fingerprint density at radius 1 is 1.35 bits per heavy atom. The van der Waals surface area contributed by atoms with Crippen molar-refractivity contribution < 1.29 is 14.3 Å². The molecule has 0 radical (unpaired) electrons. The second-order valence-corrected chi connectivity index (χ2v) is 6.07. The SMILES string of the molecule is CC(C)COc1ccc(C(C)NC(=O)C2CNCCO2)cc1.Cl. The molecular formula is C17H27ClN2O3. The van der Waals surface area contributed by atoms with Crippen molar-refractivity contribution >= 4 is 18.3 Å². The summed E-state index contributed by atoms with van der Waals surface area (Å²) in [6, 6.07) is 7.80. The van der Waals surface area contributed by atoms with Crippen LogP contribution in [0.5, 0.6) is 5.75 Å². The lowest BCUT2D eigenvalue weighted by atomic mass is 10.1. The summed E-state index contributed by atoms with van der Waals surface area (Å²) in [4.78, 5) is 12.1. The average molecular weight is 343 g/mol. The minimum Gasteiger partial charge on any atom is -0.493 e. The Hall–Kier alpha value is -1.30. The summed E-state index contributed by atoms with van der Waals surface area (Å²) in [6.07, 6.45) is -0.398. The van der Waals surface area contributed by atoms with Gasteiger partial charge in [-0.05, 0) is 30.5 Å². The van der Waals surface area contributed by atoms with Gasteiger partial charge in [0.15, 0.2) is 0 Å². The fourth-order valence-corrected chi connectivity index (χ4v) is 2.24. The molecule has 0 aliphatic carbocycles. The molecule has 6 heteroatoms. The van der Waals surface area contributed by atoms with Gasteiger partial charge in [-0.15, -0.1) is 12.4 Å². The first-order valence-corrected chi connectivity index (χ1v) is 7.91. The molecule has 0 bridgehead atoms. The van der Waals surface area contributed by atoms with Crippen molar-refractivity contribution in [3.05, 3.63) is 29.8 Å². The van der Waals surface area contributed by atoms with Gasteiger partial charge in [0.25, 0.3) is 5.91 Å². The molecule has 1 heterocycles. The predicted molar refractivity (Wildman–Crippen MR) is 93.2 cm³/mol. The normalized spacial score (nSPS) is 18.9. The summed E-state index contributed by atoms with van der Waals surface area (Å²) in [7, 11) is 0. The fraction of sp³-hybridized carbons (Fsp3) is 0.588. The van der Waals surface area contributed by atoms with Crippen LogP contribution < -0.4 is 15.4 Å². The summed E-state index contributed by atoms with van der Waals surface area (Å²) in [5.41, 5.74) is 1.05. The van der Waals surface area contributed by atoms with E-state index in [4.69, 9.17) is 9.47 Å². The number of hydrogen-bond donors (Lipinski definition) is 2. The van der Waals surface area contributed by atoms with Gasteiger partial charge in [-0.25, -0.2) is 0 Å². The highest BCUT2D eigenvalue weighted by Crippen LogP contribution is 2.18. The Morgan fingerprint density at radius 2 is 2.04 bits per heavy atom. The lowest BCUT2D eigenvalue weighted by Gasteiger charge is -2.24. The number of hydrogen-bond acceptors (Lipinski definition) is 4. The molecule has 5 nitrogen and oxygen atoms in total. The minimum absolute atomic E-state index is 0. The third-order valence-electron chi connectivity index (χ3n) is 3.54. The van der Waals surface area contributed by atoms with Crippen molar-refractivity contribution in [3.8, 4) is 5.75 Å².